The van der Waals surface area contributed by atoms with Crippen LogP contribution >= 0.6 is 0 Å². The zero-order chi connectivity index (χ0) is 14.4. The summed E-state index contributed by atoms with van der Waals surface area (Å²) >= 11 is 0. The number of rotatable bonds is 5. The maximum Gasteiger partial charge on any atom is 0.254 e. The number of anilines is 1. The Morgan fingerprint density at radius 1 is 1.35 bits per heavy atom. The number of ether oxygens (including phenoxy) is 1. The summed E-state index contributed by atoms with van der Waals surface area (Å²) in [7, 11) is 0. The molecule has 5 heteroatoms. The maximum absolute atomic E-state index is 13.5. The number of nitrogens with two attached hydrogens (primary N) is 1. The quantitative estimate of drug-likeness (QED) is 0.643. The Labute approximate surface area is 118 Å². The monoisotopic (exact) mass is 280 g/mol. The highest BCUT2D eigenvalue weighted by molar-refractivity contribution is 5.94. The standard InChI is InChI=1S/C15H21FN2O2/c16-14-10-11(17)6-7-13(14)15(19)18-8-9-20-12-4-2-1-3-5-12/h6-7,10,12H,1-5,8-9,17H2,(H,18,19). The first-order valence-electron chi connectivity index (χ1n) is 7.11. The number of halogens is 1. The van der Waals surface area contributed by atoms with Crippen molar-refractivity contribution in [2.24, 2.45) is 0 Å². The average molecular weight is 280 g/mol. The Bertz CT molecular complexity index is 459. The van der Waals surface area contributed by atoms with E-state index in [1.54, 1.807) is 0 Å². The molecule has 20 heavy (non-hydrogen) atoms. The molecule has 0 bridgehead atoms. The minimum atomic E-state index is -0.601. The van der Waals surface area contributed by atoms with Crippen LogP contribution in [-0.4, -0.2) is 25.2 Å². The van der Waals surface area contributed by atoms with Gasteiger partial charge in [0.2, 0.25) is 0 Å². The lowest BCUT2D eigenvalue weighted by atomic mass is 9.98. The highest BCUT2D eigenvalue weighted by Gasteiger charge is 2.14. The molecule has 4 nitrogen and oxygen atoms in total. The molecule has 0 saturated heterocycles. The molecule has 1 amide bonds. The van der Waals surface area contributed by atoms with E-state index in [9.17, 15) is 9.18 Å². The van der Waals surface area contributed by atoms with Crippen molar-refractivity contribution in [3.63, 3.8) is 0 Å². The van der Waals surface area contributed by atoms with Crippen LogP contribution in [0.1, 0.15) is 42.5 Å². The Hall–Kier alpha value is -1.62. The smallest absolute Gasteiger partial charge is 0.254 e. The van der Waals surface area contributed by atoms with Crippen LogP contribution in [0.4, 0.5) is 10.1 Å². The summed E-state index contributed by atoms with van der Waals surface area (Å²) < 4.78 is 19.2. The Morgan fingerprint density at radius 3 is 2.80 bits per heavy atom. The molecule has 0 atom stereocenters. The summed E-state index contributed by atoms with van der Waals surface area (Å²) in [6, 6.07) is 4.05. The van der Waals surface area contributed by atoms with Crippen LogP contribution < -0.4 is 11.1 Å². The van der Waals surface area contributed by atoms with E-state index < -0.39 is 11.7 Å². The molecule has 110 valence electrons. The van der Waals surface area contributed by atoms with Gasteiger partial charge >= 0.3 is 0 Å². The second-order valence-electron chi connectivity index (χ2n) is 5.13. The van der Waals surface area contributed by atoms with Crippen LogP contribution in [0.25, 0.3) is 0 Å². The van der Waals surface area contributed by atoms with Crippen LogP contribution in [-0.2, 0) is 4.74 Å². The van der Waals surface area contributed by atoms with Crippen LogP contribution in [0.5, 0.6) is 0 Å². The summed E-state index contributed by atoms with van der Waals surface area (Å²) in [5.41, 5.74) is 5.76. The second-order valence-corrected chi connectivity index (χ2v) is 5.13. The average Bonchev–Trinajstić information content (AvgIpc) is 2.44. The van der Waals surface area contributed by atoms with Crippen LogP contribution in [0, 0.1) is 5.82 Å². The van der Waals surface area contributed by atoms with Crippen molar-refractivity contribution in [2.45, 2.75) is 38.2 Å². The van der Waals surface area contributed by atoms with Gasteiger partial charge in [-0.15, -0.1) is 0 Å². The number of carbonyl (C=O) groups excluding carboxylic acids is 1. The molecule has 0 radical (unpaired) electrons. The lowest BCUT2D eigenvalue weighted by Gasteiger charge is -2.22. The van der Waals surface area contributed by atoms with Gasteiger partial charge in [-0.05, 0) is 31.0 Å². The zero-order valence-corrected chi connectivity index (χ0v) is 11.5. The highest BCUT2D eigenvalue weighted by Crippen LogP contribution is 2.19. The van der Waals surface area contributed by atoms with Gasteiger partial charge in [0.05, 0.1) is 18.3 Å². The Kier molecular flexibility index (Phi) is 5.35. The fourth-order valence-corrected chi connectivity index (χ4v) is 2.43. The van der Waals surface area contributed by atoms with E-state index >= 15 is 0 Å². The molecule has 1 saturated carbocycles. The number of nitrogen functional groups attached to an aromatic ring is 1. The van der Waals surface area contributed by atoms with Crippen molar-refractivity contribution in [3.05, 3.63) is 29.6 Å². The van der Waals surface area contributed by atoms with Crippen molar-refractivity contribution in [1.29, 1.82) is 0 Å². The van der Waals surface area contributed by atoms with E-state index in [0.29, 0.717) is 24.9 Å². The second kappa shape index (κ2) is 7.24. The molecule has 2 rings (SSSR count). The minimum absolute atomic E-state index is 0.0110. The topological polar surface area (TPSA) is 64.4 Å². The number of hydrogen-bond acceptors (Lipinski definition) is 3. The Balaban J connectivity index is 1.72. The van der Waals surface area contributed by atoms with E-state index in [0.717, 1.165) is 18.9 Å². The zero-order valence-electron chi connectivity index (χ0n) is 11.5. The van der Waals surface area contributed by atoms with E-state index in [2.05, 4.69) is 5.32 Å². The van der Waals surface area contributed by atoms with Gasteiger partial charge in [-0.2, -0.15) is 0 Å². The van der Waals surface area contributed by atoms with Crippen molar-refractivity contribution < 1.29 is 13.9 Å². The number of amides is 1. The predicted octanol–water partition coefficient (Wildman–Crippen LogP) is 2.49. The number of nitrogens with one attached hydrogen (secondary N) is 1. The summed E-state index contributed by atoms with van der Waals surface area (Å²) in [5, 5.41) is 2.65. The molecule has 3 N–H and O–H groups in total. The molecule has 0 heterocycles. The van der Waals surface area contributed by atoms with Gasteiger partial charge in [-0.1, -0.05) is 19.3 Å². The SMILES string of the molecule is Nc1ccc(C(=O)NCCOC2CCCCC2)c(F)c1. The van der Waals surface area contributed by atoms with Crippen LogP contribution in [0.15, 0.2) is 18.2 Å². The van der Waals surface area contributed by atoms with Gasteiger partial charge in [0.15, 0.2) is 0 Å². The van der Waals surface area contributed by atoms with Gasteiger partial charge in [-0.25, -0.2) is 4.39 Å². The molecule has 1 aliphatic carbocycles. The molecule has 1 fully saturated rings. The molecule has 0 spiro atoms. The third-order valence-corrected chi connectivity index (χ3v) is 3.53. The molecular weight excluding hydrogens is 259 g/mol. The molecule has 0 aliphatic heterocycles. The first kappa shape index (κ1) is 14.8. The maximum atomic E-state index is 13.5. The fraction of sp³-hybridized carbons (Fsp3) is 0.533. The minimum Gasteiger partial charge on any atom is -0.399 e. The number of carbonyl (C=O) groups is 1. The summed E-state index contributed by atoms with van der Waals surface area (Å²) in [6.07, 6.45) is 6.23. The summed E-state index contributed by atoms with van der Waals surface area (Å²) in [4.78, 5) is 11.8. The first-order chi connectivity index (χ1) is 9.66. The van der Waals surface area contributed by atoms with Crippen LogP contribution in [0.3, 0.4) is 0 Å². The third kappa shape index (κ3) is 4.20. The fourth-order valence-electron chi connectivity index (χ4n) is 2.43. The van der Waals surface area contributed by atoms with E-state index in [1.807, 2.05) is 0 Å². The predicted molar refractivity (Wildman–Crippen MR) is 76.0 cm³/mol. The summed E-state index contributed by atoms with van der Waals surface area (Å²) in [5.74, 6) is -1.04. The molecule has 1 aliphatic rings. The Morgan fingerprint density at radius 2 is 2.10 bits per heavy atom. The van der Waals surface area contributed by atoms with E-state index in [-0.39, 0.29) is 5.56 Å². The molecule has 1 aromatic rings. The first-order valence-corrected chi connectivity index (χ1v) is 7.11. The normalized spacial score (nSPS) is 16.1. The number of hydrogen-bond donors (Lipinski definition) is 2. The lowest BCUT2D eigenvalue weighted by Crippen LogP contribution is -2.30. The van der Waals surface area contributed by atoms with Gasteiger partial charge in [-0.3, -0.25) is 4.79 Å². The van der Waals surface area contributed by atoms with Crippen LogP contribution in [0.2, 0.25) is 0 Å². The van der Waals surface area contributed by atoms with E-state index in [4.69, 9.17) is 10.5 Å². The summed E-state index contributed by atoms with van der Waals surface area (Å²) in [6.45, 7) is 0.853. The lowest BCUT2D eigenvalue weighted by molar-refractivity contribution is 0.0299. The molecular formula is C15H21FN2O2. The van der Waals surface area contributed by atoms with Crippen molar-refractivity contribution in [3.8, 4) is 0 Å². The van der Waals surface area contributed by atoms with Crippen molar-refractivity contribution in [2.75, 3.05) is 18.9 Å². The van der Waals surface area contributed by atoms with Crippen molar-refractivity contribution >= 4 is 11.6 Å². The van der Waals surface area contributed by atoms with Gasteiger partial charge < -0.3 is 15.8 Å². The van der Waals surface area contributed by atoms with Gasteiger partial charge in [0, 0.05) is 12.2 Å². The largest absolute Gasteiger partial charge is 0.399 e. The molecule has 1 aromatic carbocycles. The third-order valence-electron chi connectivity index (χ3n) is 3.53. The molecule has 0 aromatic heterocycles. The highest BCUT2D eigenvalue weighted by atomic mass is 19.1. The van der Waals surface area contributed by atoms with E-state index in [1.165, 1.54) is 31.4 Å². The van der Waals surface area contributed by atoms with Crippen molar-refractivity contribution in [1.82, 2.24) is 5.32 Å². The van der Waals surface area contributed by atoms with Gasteiger partial charge in [0.1, 0.15) is 5.82 Å². The van der Waals surface area contributed by atoms with Gasteiger partial charge in [0.25, 0.3) is 5.91 Å². The number of benzene rings is 1. The molecule has 0 unspecified atom stereocenters.